The molecule has 0 aromatic heterocycles. The van der Waals surface area contributed by atoms with Crippen molar-refractivity contribution in [2.75, 3.05) is 19.8 Å². The third-order valence-corrected chi connectivity index (χ3v) is 2.11. The molecule has 1 aromatic carbocycles. The maximum atomic E-state index is 13.2. The Morgan fingerprint density at radius 1 is 1.44 bits per heavy atom. The number of hydrogen-bond donors (Lipinski definition) is 1. The van der Waals surface area contributed by atoms with Crippen LogP contribution in [0.4, 0.5) is 4.39 Å². The lowest BCUT2D eigenvalue weighted by Gasteiger charge is -2.06. The van der Waals surface area contributed by atoms with E-state index in [4.69, 9.17) is 9.47 Å². The van der Waals surface area contributed by atoms with Gasteiger partial charge in [-0.05, 0) is 25.1 Å². The number of carbonyl (C=O) groups excluding carboxylic acids is 1. The van der Waals surface area contributed by atoms with E-state index in [-0.39, 0.29) is 12.2 Å². The van der Waals surface area contributed by atoms with E-state index in [2.05, 4.69) is 12.6 Å². The highest BCUT2D eigenvalue weighted by Gasteiger charge is 2.13. The van der Waals surface area contributed by atoms with Crippen LogP contribution in [0.5, 0.6) is 0 Å². The molecule has 0 fully saturated rings. The second kappa shape index (κ2) is 6.50. The summed E-state index contributed by atoms with van der Waals surface area (Å²) in [6, 6.07) is 3.98. The second-order valence-electron chi connectivity index (χ2n) is 3.00. The van der Waals surface area contributed by atoms with E-state index >= 15 is 0 Å². The van der Waals surface area contributed by atoms with Crippen molar-refractivity contribution in [2.24, 2.45) is 0 Å². The van der Waals surface area contributed by atoms with Crippen molar-refractivity contribution in [3.8, 4) is 0 Å². The van der Waals surface area contributed by atoms with Crippen LogP contribution in [-0.2, 0) is 9.47 Å². The molecule has 5 heteroatoms. The van der Waals surface area contributed by atoms with Crippen molar-refractivity contribution in [3.63, 3.8) is 0 Å². The molecule has 0 bridgehead atoms. The third kappa shape index (κ3) is 3.83. The number of thiol groups is 1. The predicted octanol–water partition coefficient (Wildman–Crippen LogP) is 2.31. The summed E-state index contributed by atoms with van der Waals surface area (Å²) in [7, 11) is 0. The van der Waals surface area contributed by atoms with Crippen LogP contribution in [0.1, 0.15) is 17.3 Å². The van der Waals surface area contributed by atoms with Gasteiger partial charge in [-0.25, -0.2) is 9.18 Å². The maximum Gasteiger partial charge on any atom is 0.341 e. The van der Waals surface area contributed by atoms with Crippen LogP contribution in [0.3, 0.4) is 0 Å². The van der Waals surface area contributed by atoms with Gasteiger partial charge in [0.2, 0.25) is 0 Å². The molecule has 0 saturated carbocycles. The summed E-state index contributed by atoms with van der Waals surface area (Å²) in [5, 5.41) is 0. The minimum atomic E-state index is -0.701. The van der Waals surface area contributed by atoms with Gasteiger partial charge in [0, 0.05) is 11.5 Å². The predicted molar refractivity (Wildman–Crippen MR) is 60.4 cm³/mol. The molecule has 0 aliphatic rings. The first kappa shape index (κ1) is 13.0. The number of benzene rings is 1. The Morgan fingerprint density at radius 2 is 2.19 bits per heavy atom. The Balaban J connectivity index is 2.55. The average molecular weight is 244 g/mol. The summed E-state index contributed by atoms with van der Waals surface area (Å²) in [5.74, 6) is -1.31. The van der Waals surface area contributed by atoms with E-state index in [1.54, 1.807) is 0 Å². The van der Waals surface area contributed by atoms with Gasteiger partial charge in [0.15, 0.2) is 0 Å². The Bertz CT molecular complexity index is 368. The van der Waals surface area contributed by atoms with E-state index in [0.29, 0.717) is 18.1 Å². The van der Waals surface area contributed by atoms with E-state index in [1.165, 1.54) is 18.2 Å². The molecule has 0 spiro atoms. The molecule has 0 unspecified atom stereocenters. The van der Waals surface area contributed by atoms with Gasteiger partial charge in [-0.3, -0.25) is 0 Å². The molecule has 0 aliphatic carbocycles. The molecule has 16 heavy (non-hydrogen) atoms. The lowest BCUT2D eigenvalue weighted by molar-refractivity contribution is 0.0330. The van der Waals surface area contributed by atoms with Crippen molar-refractivity contribution < 1.29 is 18.7 Å². The summed E-state index contributed by atoms with van der Waals surface area (Å²) in [6.45, 7) is 2.82. The van der Waals surface area contributed by atoms with Crippen LogP contribution >= 0.6 is 12.6 Å². The van der Waals surface area contributed by atoms with Crippen molar-refractivity contribution in [3.05, 3.63) is 29.6 Å². The van der Waals surface area contributed by atoms with Gasteiger partial charge < -0.3 is 9.47 Å². The van der Waals surface area contributed by atoms with E-state index in [1.807, 2.05) is 6.92 Å². The van der Waals surface area contributed by atoms with Crippen molar-refractivity contribution >= 4 is 18.6 Å². The van der Waals surface area contributed by atoms with Gasteiger partial charge in [-0.1, -0.05) is 0 Å². The summed E-state index contributed by atoms with van der Waals surface area (Å²) in [4.78, 5) is 11.9. The molecule has 3 nitrogen and oxygen atoms in total. The van der Waals surface area contributed by atoms with Gasteiger partial charge in [0.1, 0.15) is 12.4 Å². The molecule has 1 rings (SSSR count). The number of rotatable bonds is 5. The molecule has 0 amide bonds. The average Bonchev–Trinajstić information content (AvgIpc) is 2.27. The first-order valence-electron chi connectivity index (χ1n) is 4.88. The molecule has 0 heterocycles. The van der Waals surface area contributed by atoms with Crippen LogP contribution < -0.4 is 0 Å². The summed E-state index contributed by atoms with van der Waals surface area (Å²) < 4.78 is 23.0. The first-order chi connectivity index (χ1) is 7.65. The van der Waals surface area contributed by atoms with Gasteiger partial charge in [0.25, 0.3) is 0 Å². The minimum absolute atomic E-state index is 0.107. The lowest BCUT2D eigenvalue weighted by atomic mass is 10.2. The molecule has 0 atom stereocenters. The molecule has 0 N–H and O–H groups in total. The maximum absolute atomic E-state index is 13.2. The zero-order chi connectivity index (χ0) is 12.0. The second-order valence-corrected chi connectivity index (χ2v) is 3.51. The number of halogens is 1. The van der Waals surface area contributed by atoms with Crippen molar-refractivity contribution in [1.82, 2.24) is 0 Å². The molecular weight excluding hydrogens is 231 g/mol. The van der Waals surface area contributed by atoms with Crippen LogP contribution in [0.25, 0.3) is 0 Å². The standard InChI is InChI=1S/C11H13FO3S/c1-2-14-5-6-15-11(13)9-7-8(16)3-4-10(9)12/h3-4,7,16H,2,5-6H2,1H3. The minimum Gasteiger partial charge on any atom is -0.460 e. The molecule has 0 radical (unpaired) electrons. The number of ether oxygens (including phenoxy) is 2. The molecular formula is C11H13FO3S. The highest BCUT2D eigenvalue weighted by Crippen LogP contribution is 2.14. The zero-order valence-corrected chi connectivity index (χ0v) is 9.80. The molecule has 0 aliphatic heterocycles. The topological polar surface area (TPSA) is 35.5 Å². The van der Waals surface area contributed by atoms with Crippen LogP contribution in [0.15, 0.2) is 23.1 Å². The Labute approximate surface area is 99.0 Å². The van der Waals surface area contributed by atoms with Gasteiger partial charge in [0.05, 0.1) is 12.2 Å². The third-order valence-electron chi connectivity index (χ3n) is 1.83. The Morgan fingerprint density at radius 3 is 2.88 bits per heavy atom. The van der Waals surface area contributed by atoms with E-state index in [0.717, 1.165) is 0 Å². The molecule has 0 saturated heterocycles. The largest absolute Gasteiger partial charge is 0.460 e. The fraction of sp³-hybridized carbons (Fsp3) is 0.364. The highest BCUT2D eigenvalue weighted by molar-refractivity contribution is 7.80. The van der Waals surface area contributed by atoms with Crippen molar-refractivity contribution in [1.29, 1.82) is 0 Å². The highest BCUT2D eigenvalue weighted by atomic mass is 32.1. The normalized spacial score (nSPS) is 10.2. The van der Waals surface area contributed by atoms with E-state index in [9.17, 15) is 9.18 Å². The van der Waals surface area contributed by atoms with Crippen molar-refractivity contribution in [2.45, 2.75) is 11.8 Å². The van der Waals surface area contributed by atoms with Crippen LogP contribution in [-0.4, -0.2) is 25.8 Å². The summed E-state index contributed by atoms with van der Waals surface area (Å²) in [5.41, 5.74) is -0.107. The van der Waals surface area contributed by atoms with Gasteiger partial charge >= 0.3 is 5.97 Å². The van der Waals surface area contributed by atoms with Crippen LogP contribution in [0, 0.1) is 5.82 Å². The quantitative estimate of drug-likeness (QED) is 0.490. The van der Waals surface area contributed by atoms with E-state index < -0.39 is 11.8 Å². The fourth-order valence-corrected chi connectivity index (χ4v) is 1.29. The smallest absolute Gasteiger partial charge is 0.341 e. The zero-order valence-electron chi connectivity index (χ0n) is 8.90. The number of carbonyl (C=O) groups is 1. The lowest BCUT2D eigenvalue weighted by Crippen LogP contribution is -2.12. The SMILES string of the molecule is CCOCCOC(=O)c1cc(S)ccc1F. The summed E-state index contributed by atoms with van der Waals surface area (Å²) in [6.07, 6.45) is 0. The van der Waals surface area contributed by atoms with Gasteiger partial charge in [-0.2, -0.15) is 0 Å². The monoisotopic (exact) mass is 244 g/mol. The van der Waals surface area contributed by atoms with Gasteiger partial charge in [-0.15, -0.1) is 12.6 Å². The first-order valence-corrected chi connectivity index (χ1v) is 5.33. The fourth-order valence-electron chi connectivity index (χ4n) is 1.09. The Hall–Kier alpha value is -1.07. The molecule has 88 valence electrons. The Kier molecular flexibility index (Phi) is 5.28. The summed E-state index contributed by atoms with van der Waals surface area (Å²) >= 11 is 4.02. The van der Waals surface area contributed by atoms with Crippen LogP contribution in [0.2, 0.25) is 0 Å². The number of hydrogen-bond acceptors (Lipinski definition) is 4. The number of esters is 1. The molecule has 1 aromatic rings.